The molecule has 1 heteroatoms. The van der Waals surface area contributed by atoms with E-state index >= 15 is 0 Å². The minimum absolute atomic E-state index is 1.03. The summed E-state index contributed by atoms with van der Waals surface area (Å²) in [6.45, 7) is 5.09. The maximum Gasteiger partial charge on any atom is 0.000693 e. The van der Waals surface area contributed by atoms with Crippen LogP contribution in [0.3, 0.4) is 0 Å². The highest BCUT2D eigenvalue weighted by atomic mass is 15.1. The first-order valence-corrected chi connectivity index (χ1v) is 5.46. The van der Waals surface area contributed by atoms with Crippen molar-refractivity contribution in [1.29, 1.82) is 0 Å². The number of piperidine rings is 1. The summed E-state index contributed by atoms with van der Waals surface area (Å²) in [6, 6.07) is 0. The minimum atomic E-state index is 1.03. The second-order valence-corrected chi connectivity index (χ2v) is 4.93. The zero-order valence-corrected chi connectivity index (χ0v) is 8.42. The lowest BCUT2D eigenvalue weighted by molar-refractivity contribution is 0.0734. The smallest absolute Gasteiger partial charge is 0.000693 e. The highest BCUT2D eigenvalue weighted by molar-refractivity contribution is 4.85. The van der Waals surface area contributed by atoms with Gasteiger partial charge in [-0.2, -0.15) is 0 Å². The van der Waals surface area contributed by atoms with Gasteiger partial charge in [0.2, 0.25) is 0 Å². The van der Waals surface area contributed by atoms with E-state index in [1.807, 2.05) is 0 Å². The van der Waals surface area contributed by atoms with Crippen molar-refractivity contribution in [3.8, 4) is 0 Å². The van der Waals surface area contributed by atoms with Gasteiger partial charge in [0.1, 0.15) is 0 Å². The molecule has 0 aromatic carbocycles. The normalized spacial score (nSPS) is 43.0. The summed E-state index contributed by atoms with van der Waals surface area (Å²) >= 11 is 0. The average Bonchev–Trinajstić information content (AvgIpc) is 2.02. The molecule has 0 amide bonds. The predicted molar refractivity (Wildman–Crippen MR) is 52.1 cm³/mol. The molecular formula is C11H21N. The van der Waals surface area contributed by atoms with E-state index in [1.165, 1.54) is 38.8 Å². The average molecular weight is 167 g/mol. The van der Waals surface area contributed by atoms with Gasteiger partial charge >= 0.3 is 0 Å². The van der Waals surface area contributed by atoms with Crippen LogP contribution >= 0.6 is 0 Å². The molecule has 1 aliphatic carbocycles. The summed E-state index contributed by atoms with van der Waals surface area (Å²) < 4.78 is 0. The van der Waals surface area contributed by atoms with Gasteiger partial charge in [0.15, 0.2) is 0 Å². The first-order valence-electron chi connectivity index (χ1n) is 5.46. The largest absolute Gasteiger partial charge is 0.306 e. The number of fused-ring (bicyclic) bond motifs is 2. The van der Waals surface area contributed by atoms with Crippen LogP contribution in [0.2, 0.25) is 0 Å². The van der Waals surface area contributed by atoms with Gasteiger partial charge in [0.05, 0.1) is 0 Å². The number of likely N-dealkylation sites (tertiary alicyclic amines) is 1. The van der Waals surface area contributed by atoms with Crippen molar-refractivity contribution in [2.45, 2.75) is 32.6 Å². The molecule has 12 heavy (non-hydrogen) atoms. The molecule has 2 aliphatic rings. The molecule has 1 aliphatic heterocycles. The standard InChI is InChI=1S/C11H21N/c1-3-9-4-10-6-11(5-9)8-12(2)7-10/h9-11H,3-8H2,1-2H3. The van der Waals surface area contributed by atoms with Crippen molar-refractivity contribution in [1.82, 2.24) is 4.90 Å². The van der Waals surface area contributed by atoms with Crippen LogP contribution in [0.25, 0.3) is 0 Å². The quantitative estimate of drug-likeness (QED) is 0.579. The lowest BCUT2D eigenvalue weighted by Crippen LogP contribution is -2.42. The topological polar surface area (TPSA) is 3.24 Å². The fourth-order valence-electron chi connectivity index (χ4n) is 3.29. The molecule has 2 fully saturated rings. The Morgan fingerprint density at radius 2 is 1.67 bits per heavy atom. The third kappa shape index (κ3) is 1.66. The van der Waals surface area contributed by atoms with Crippen molar-refractivity contribution >= 4 is 0 Å². The zero-order valence-electron chi connectivity index (χ0n) is 8.42. The molecule has 2 bridgehead atoms. The highest BCUT2D eigenvalue weighted by Gasteiger charge is 2.32. The Hall–Kier alpha value is -0.0400. The molecule has 2 unspecified atom stereocenters. The molecular weight excluding hydrogens is 146 g/mol. The summed E-state index contributed by atoms with van der Waals surface area (Å²) in [7, 11) is 2.28. The lowest BCUT2D eigenvalue weighted by atomic mass is 9.72. The molecule has 0 aromatic rings. The second kappa shape index (κ2) is 3.37. The summed E-state index contributed by atoms with van der Waals surface area (Å²) in [5.74, 6) is 3.13. The van der Waals surface area contributed by atoms with Crippen LogP contribution in [0, 0.1) is 17.8 Å². The summed E-state index contributed by atoms with van der Waals surface area (Å²) in [6.07, 6.45) is 5.96. The van der Waals surface area contributed by atoms with Gasteiger partial charge in [-0.25, -0.2) is 0 Å². The molecule has 1 nitrogen and oxygen atoms in total. The van der Waals surface area contributed by atoms with E-state index in [9.17, 15) is 0 Å². The van der Waals surface area contributed by atoms with Crippen LogP contribution in [-0.4, -0.2) is 25.0 Å². The van der Waals surface area contributed by atoms with Gasteiger partial charge in [0.25, 0.3) is 0 Å². The van der Waals surface area contributed by atoms with E-state index in [2.05, 4.69) is 18.9 Å². The third-order valence-electron chi connectivity index (χ3n) is 3.72. The van der Waals surface area contributed by atoms with E-state index < -0.39 is 0 Å². The third-order valence-corrected chi connectivity index (χ3v) is 3.72. The van der Waals surface area contributed by atoms with Gasteiger partial charge in [-0.05, 0) is 44.1 Å². The van der Waals surface area contributed by atoms with E-state index in [0.717, 1.165) is 17.8 Å². The molecule has 0 radical (unpaired) electrons. The van der Waals surface area contributed by atoms with Gasteiger partial charge in [-0.15, -0.1) is 0 Å². The Bertz CT molecular complexity index is 137. The van der Waals surface area contributed by atoms with Crippen LogP contribution in [0.5, 0.6) is 0 Å². The monoisotopic (exact) mass is 167 g/mol. The Balaban J connectivity index is 1.96. The fourth-order valence-corrected chi connectivity index (χ4v) is 3.29. The van der Waals surface area contributed by atoms with Gasteiger partial charge in [-0.1, -0.05) is 13.3 Å². The van der Waals surface area contributed by atoms with Crippen LogP contribution < -0.4 is 0 Å². The number of rotatable bonds is 1. The molecule has 1 heterocycles. The van der Waals surface area contributed by atoms with Crippen LogP contribution in [-0.2, 0) is 0 Å². The van der Waals surface area contributed by atoms with E-state index in [0.29, 0.717) is 0 Å². The first kappa shape index (κ1) is 8.55. The summed E-state index contributed by atoms with van der Waals surface area (Å²) in [5, 5.41) is 0. The molecule has 2 atom stereocenters. The summed E-state index contributed by atoms with van der Waals surface area (Å²) in [4.78, 5) is 2.53. The minimum Gasteiger partial charge on any atom is -0.306 e. The van der Waals surface area contributed by atoms with E-state index in [4.69, 9.17) is 0 Å². The Morgan fingerprint density at radius 1 is 1.08 bits per heavy atom. The Labute approximate surface area is 76.1 Å². The number of nitrogens with zero attached hydrogens (tertiary/aromatic N) is 1. The van der Waals surface area contributed by atoms with Crippen LogP contribution in [0.15, 0.2) is 0 Å². The van der Waals surface area contributed by atoms with Crippen LogP contribution in [0.1, 0.15) is 32.6 Å². The second-order valence-electron chi connectivity index (χ2n) is 4.93. The molecule has 2 rings (SSSR count). The molecule has 0 aromatic heterocycles. The van der Waals surface area contributed by atoms with Crippen LogP contribution in [0.4, 0.5) is 0 Å². The molecule has 0 spiro atoms. The maximum atomic E-state index is 2.53. The maximum absolute atomic E-state index is 2.53. The highest BCUT2D eigenvalue weighted by Crippen LogP contribution is 2.38. The fraction of sp³-hybridized carbons (Fsp3) is 1.00. The number of hydrogen-bond acceptors (Lipinski definition) is 1. The Morgan fingerprint density at radius 3 is 2.17 bits per heavy atom. The van der Waals surface area contributed by atoms with Gasteiger partial charge in [-0.3, -0.25) is 0 Å². The number of hydrogen-bond donors (Lipinski definition) is 0. The van der Waals surface area contributed by atoms with Gasteiger partial charge in [0, 0.05) is 13.1 Å². The zero-order chi connectivity index (χ0) is 8.55. The van der Waals surface area contributed by atoms with Crippen molar-refractivity contribution in [3.63, 3.8) is 0 Å². The SMILES string of the molecule is CCC1CC2CC(C1)CN(C)C2. The molecule has 1 saturated heterocycles. The van der Waals surface area contributed by atoms with Gasteiger partial charge < -0.3 is 4.90 Å². The molecule has 70 valence electrons. The summed E-state index contributed by atoms with van der Waals surface area (Å²) in [5.41, 5.74) is 0. The van der Waals surface area contributed by atoms with Crippen molar-refractivity contribution < 1.29 is 0 Å². The van der Waals surface area contributed by atoms with Crippen molar-refractivity contribution in [2.24, 2.45) is 17.8 Å². The first-order chi connectivity index (χ1) is 5.78. The molecule has 0 N–H and O–H groups in total. The van der Waals surface area contributed by atoms with Crippen molar-refractivity contribution in [3.05, 3.63) is 0 Å². The molecule has 1 saturated carbocycles. The lowest BCUT2D eigenvalue weighted by Gasteiger charge is -2.43. The Kier molecular flexibility index (Phi) is 2.40. The van der Waals surface area contributed by atoms with Crippen molar-refractivity contribution in [2.75, 3.05) is 20.1 Å². The van der Waals surface area contributed by atoms with E-state index in [-0.39, 0.29) is 0 Å². The predicted octanol–water partition coefficient (Wildman–Crippen LogP) is 2.37. The van der Waals surface area contributed by atoms with E-state index in [1.54, 1.807) is 0 Å².